The quantitative estimate of drug-likeness (QED) is 0.766. The number of carbonyl (C=O) groups is 1. The average molecular weight is 323 g/mol. The molecule has 2 aliphatic heterocycles. The van der Waals surface area contributed by atoms with Crippen LogP contribution in [0.2, 0.25) is 0 Å². The fraction of sp³-hybridized carbons (Fsp3) is 0.950. The van der Waals surface area contributed by atoms with Crippen LogP contribution in [0.15, 0.2) is 0 Å². The topological polar surface area (TPSA) is 23.6 Å². The molecule has 23 heavy (non-hydrogen) atoms. The van der Waals surface area contributed by atoms with Gasteiger partial charge >= 0.3 is 0 Å². The van der Waals surface area contributed by atoms with Crippen LogP contribution in [-0.4, -0.2) is 48.4 Å². The molecule has 0 aromatic rings. The Morgan fingerprint density at radius 3 is 1.83 bits per heavy atom. The van der Waals surface area contributed by atoms with E-state index in [-0.39, 0.29) is 5.41 Å². The van der Waals surface area contributed by atoms with E-state index in [0.29, 0.717) is 11.3 Å². The maximum Gasteiger partial charge on any atom is 0.227 e. The van der Waals surface area contributed by atoms with Crippen molar-refractivity contribution in [2.75, 3.05) is 32.7 Å². The first-order valence-corrected chi connectivity index (χ1v) is 9.59. The Hall–Kier alpha value is -0.570. The predicted molar refractivity (Wildman–Crippen MR) is 97.4 cm³/mol. The minimum Gasteiger partial charge on any atom is -0.342 e. The molecule has 134 valence electrons. The molecule has 1 amide bonds. The summed E-state index contributed by atoms with van der Waals surface area (Å²) >= 11 is 0. The molecule has 0 atom stereocenters. The van der Waals surface area contributed by atoms with Gasteiger partial charge in [-0.2, -0.15) is 0 Å². The number of piperidine rings is 2. The van der Waals surface area contributed by atoms with Crippen LogP contribution < -0.4 is 0 Å². The first-order chi connectivity index (χ1) is 10.6. The third-order valence-corrected chi connectivity index (χ3v) is 5.87. The Kier molecular flexibility index (Phi) is 5.81. The monoisotopic (exact) mass is 322 g/mol. The van der Waals surface area contributed by atoms with Crippen molar-refractivity contribution in [3.8, 4) is 0 Å². The highest BCUT2D eigenvalue weighted by Crippen LogP contribution is 2.34. The Bertz CT molecular complexity index is 389. The molecule has 0 aliphatic carbocycles. The van der Waals surface area contributed by atoms with E-state index in [1.807, 2.05) is 20.8 Å². The van der Waals surface area contributed by atoms with Crippen molar-refractivity contribution >= 4 is 5.91 Å². The van der Waals surface area contributed by atoms with E-state index >= 15 is 0 Å². The summed E-state index contributed by atoms with van der Waals surface area (Å²) in [5.74, 6) is 1.98. The highest BCUT2D eigenvalue weighted by atomic mass is 16.2. The summed E-state index contributed by atoms with van der Waals surface area (Å²) in [6.07, 6.45) is 5.07. The summed E-state index contributed by atoms with van der Waals surface area (Å²) in [7, 11) is 0. The number of likely N-dealkylation sites (tertiary alicyclic amines) is 2. The number of amides is 1. The number of rotatable bonds is 2. The number of nitrogens with zero attached hydrogens (tertiary/aromatic N) is 2. The van der Waals surface area contributed by atoms with Crippen molar-refractivity contribution in [2.45, 2.75) is 67.2 Å². The lowest BCUT2D eigenvalue weighted by atomic mass is 9.75. The summed E-state index contributed by atoms with van der Waals surface area (Å²) in [5, 5.41) is 0. The molecule has 2 rings (SSSR count). The van der Waals surface area contributed by atoms with Crippen molar-refractivity contribution in [3.05, 3.63) is 0 Å². The number of hydrogen-bond donors (Lipinski definition) is 0. The normalized spacial score (nSPS) is 23.3. The summed E-state index contributed by atoms with van der Waals surface area (Å²) in [5.41, 5.74) is 0.229. The second-order valence-corrected chi connectivity index (χ2v) is 9.93. The van der Waals surface area contributed by atoms with Gasteiger partial charge in [0.1, 0.15) is 0 Å². The second kappa shape index (κ2) is 7.13. The lowest BCUT2D eigenvalue weighted by molar-refractivity contribution is -0.141. The van der Waals surface area contributed by atoms with Crippen LogP contribution in [0.4, 0.5) is 0 Å². The van der Waals surface area contributed by atoms with Gasteiger partial charge in [-0.15, -0.1) is 0 Å². The Balaban J connectivity index is 1.73. The molecule has 0 N–H and O–H groups in total. The second-order valence-electron chi connectivity index (χ2n) is 9.93. The van der Waals surface area contributed by atoms with E-state index in [9.17, 15) is 4.79 Å². The molecule has 0 saturated carbocycles. The summed E-state index contributed by atoms with van der Waals surface area (Å²) in [6.45, 7) is 18.9. The van der Waals surface area contributed by atoms with Crippen molar-refractivity contribution < 1.29 is 4.79 Å². The standard InChI is InChI=1S/C20H38N2O/c1-19(2,3)17-9-11-21(12-10-17)15-16-7-13-22(14-8-16)18(23)20(4,5)6/h16-17H,7-15H2,1-6H3. The SMILES string of the molecule is CC(C)(C)C(=O)N1CCC(CN2CCC(C(C)(C)C)CC2)CC1. The minimum atomic E-state index is -0.234. The number of hydrogen-bond acceptors (Lipinski definition) is 2. The van der Waals surface area contributed by atoms with Gasteiger partial charge in [0.05, 0.1) is 0 Å². The van der Waals surface area contributed by atoms with Gasteiger partial charge in [-0.05, 0) is 56.0 Å². The van der Waals surface area contributed by atoms with Crippen LogP contribution in [0.5, 0.6) is 0 Å². The predicted octanol–water partition coefficient (Wildman–Crippen LogP) is 4.03. The van der Waals surface area contributed by atoms with E-state index in [4.69, 9.17) is 0 Å². The molecule has 0 spiro atoms. The van der Waals surface area contributed by atoms with Crippen LogP contribution in [0.25, 0.3) is 0 Å². The van der Waals surface area contributed by atoms with Crippen molar-refractivity contribution in [2.24, 2.45) is 22.7 Å². The van der Waals surface area contributed by atoms with E-state index in [2.05, 4.69) is 30.6 Å². The zero-order valence-corrected chi connectivity index (χ0v) is 16.3. The first kappa shape index (κ1) is 18.8. The van der Waals surface area contributed by atoms with Gasteiger partial charge < -0.3 is 9.80 Å². The van der Waals surface area contributed by atoms with Gasteiger partial charge in [-0.25, -0.2) is 0 Å². The van der Waals surface area contributed by atoms with Crippen molar-refractivity contribution in [1.82, 2.24) is 9.80 Å². The third-order valence-electron chi connectivity index (χ3n) is 5.87. The molecule has 2 aliphatic rings. The molecule has 0 bridgehead atoms. The zero-order valence-electron chi connectivity index (χ0n) is 16.3. The molecule has 2 fully saturated rings. The van der Waals surface area contributed by atoms with Crippen LogP contribution in [-0.2, 0) is 4.79 Å². The molecule has 3 nitrogen and oxygen atoms in total. The lowest BCUT2D eigenvalue weighted by Crippen LogP contribution is -2.46. The van der Waals surface area contributed by atoms with Gasteiger partial charge in [0.2, 0.25) is 5.91 Å². The van der Waals surface area contributed by atoms with Crippen LogP contribution >= 0.6 is 0 Å². The summed E-state index contributed by atoms with van der Waals surface area (Å²) in [6, 6.07) is 0. The molecule has 2 saturated heterocycles. The van der Waals surface area contributed by atoms with Crippen LogP contribution in [0.1, 0.15) is 67.2 Å². The molecule has 0 radical (unpaired) electrons. The molecular formula is C20H38N2O. The van der Waals surface area contributed by atoms with Crippen molar-refractivity contribution in [3.63, 3.8) is 0 Å². The van der Waals surface area contributed by atoms with Crippen molar-refractivity contribution in [1.29, 1.82) is 0 Å². The molecule has 3 heteroatoms. The van der Waals surface area contributed by atoms with E-state index in [0.717, 1.165) is 24.9 Å². The van der Waals surface area contributed by atoms with Gasteiger partial charge in [0.15, 0.2) is 0 Å². The van der Waals surface area contributed by atoms with E-state index in [1.54, 1.807) is 0 Å². The summed E-state index contributed by atoms with van der Waals surface area (Å²) in [4.78, 5) is 17.1. The average Bonchev–Trinajstić information content (AvgIpc) is 2.46. The maximum absolute atomic E-state index is 12.4. The first-order valence-electron chi connectivity index (χ1n) is 9.59. The molecule has 0 aromatic heterocycles. The summed E-state index contributed by atoms with van der Waals surface area (Å²) < 4.78 is 0. The maximum atomic E-state index is 12.4. The Labute approximate surface area is 143 Å². The fourth-order valence-electron chi connectivity index (χ4n) is 4.14. The Morgan fingerprint density at radius 2 is 1.39 bits per heavy atom. The van der Waals surface area contributed by atoms with E-state index in [1.165, 1.54) is 45.3 Å². The molecule has 2 heterocycles. The molecule has 0 aromatic carbocycles. The lowest BCUT2D eigenvalue weighted by Gasteiger charge is -2.41. The Morgan fingerprint density at radius 1 is 0.870 bits per heavy atom. The van der Waals surface area contributed by atoms with Gasteiger partial charge in [-0.1, -0.05) is 41.5 Å². The zero-order chi connectivity index (χ0) is 17.3. The fourth-order valence-corrected chi connectivity index (χ4v) is 4.14. The highest BCUT2D eigenvalue weighted by molar-refractivity contribution is 5.81. The molecule has 0 unspecified atom stereocenters. The largest absolute Gasteiger partial charge is 0.342 e. The molecular weight excluding hydrogens is 284 g/mol. The van der Waals surface area contributed by atoms with Gasteiger partial charge in [0, 0.05) is 25.0 Å². The third kappa shape index (κ3) is 5.20. The number of carbonyl (C=O) groups excluding carboxylic acids is 1. The smallest absolute Gasteiger partial charge is 0.227 e. The highest BCUT2D eigenvalue weighted by Gasteiger charge is 2.32. The van der Waals surface area contributed by atoms with E-state index < -0.39 is 0 Å². The van der Waals surface area contributed by atoms with Crippen LogP contribution in [0.3, 0.4) is 0 Å². The minimum absolute atomic E-state index is 0.234. The van der Waals surface area contributed by atoms with Gasteiger partial charge in [-0.3, -0.25) is 4.79 Å². The van der Waals surface area contributed by atoms with Crippen LogP contribution in [0, 0.1) is 22.7 Å². The van der Waals surface area contributed by atoms with Gasteiger partial charge in [0.25, 0.3) is 0 Å².